The minimum atomic E-state index is -0.208. The molecule has 18 aromatic rings. The number of aliphatic hydroxyl groups is 1. The van der Waals surface area contributed by atoms with Crippen molar-refractivity contribution in [3.63, 3.8) is 0 Å². The van der Waals surface area contributed by atoms with E-state index in [0.29, 0.717) is 0 Å². The van der Waals surface area contributed by atoms with Crippen molar-refractivity contribution >= 4 is 86.2 Å². The Balaban J connectivity index is 0.000000112. The van der Waals surface area contributed by atoms with Crippen LogP contribution < -0.4 is 14.2 Å². The average molecular weight is 1380 g/mol. The first-order valence-electron chi connectivity index (χ1n) is 35.1. The van der Waals surface area contributed by atoms with Crippen LogP contribution in [0, 0.1) is 0 Å². The minimum absolute atomic E-state index is 0.0963. The van der Waals surface area contributed by atoms with Crippen molar-refractivity contribution in [2.45, 2.75) is 17.8 Å². The van der Waals surface area contributed by atoms with Crippen molar-refractivity contribution in [1.82, 2.24) is 0 Å². The molecule has 510 valence electrons. The minimum Gasteiger partial charge on any atom is -0.508 e. The van der Waals surface area contributed by atoms with Gasteiger partial charge < -0.3 is 50.0 Å². The number of phenolic OH excluding ortho intramolecular Hbond substituents is 6. The fourth-order valence-corrected chi connectivity index (χ4v) is 16.4. The van der Waals surface area contributed by atoms with Gasteiger partial charge in [-0.3, -0.25) is 0 Å². The summed E-state index contributed by atoms with van der Waals surface area (Å²) in [6.07, 6.45) is 0. The molecule has 3 aliphatic heterocycles. The average Bonchev–Trinajstić information content (AvgIpc) is 0.723. The van der Waals surface area contributed by atoms with Gasteiger partial charge in [0, 0.05) is 58.2 Å². The molecule has 21 rings (SSSR count). The molecule has 0 radical (unpaired) electrons. The SMILES string of the molecule is CO.Oc1ccc2ccc3c(c2c1)C(c1c2ccccc2cc2ccccc12)c1c(ccc2ccc(O)cc12)O3.Oc1ccc2ccc3c(c2c1)C(c1ccc(-c2ccccc2)cc1)c1c(ccc2ccc(O)cc12)O3.Oc1ccc2ccc3c(c2c1)C(c1ccccc1)c1c(ccc2ccc(O)cc12)O3. The van der Waals surface area contributed by atoms with Crippen molar-refractivity contribution in [3.8, 4) is 80.1 Å². The van der Waals surface area contributed by atoms with Crippen LogP contribution in [-0.2, 0) is 0 Å². The first-order chi connectivity index (χ1) is 52.0. The summed E-state index contributed by atoms with van der Waals surface area (Å²) < 4.78 is 19.4. The van der Waals surface area contributed by atoms with Crippen molar-refractivity contribution in [2.75, 3.05) is 7.11 Å². The summed E-state index contributed by atoms with van der Waals surface area (Å²) >= 11 is 0. The van der Waals surface area contributed by atoms with Crippen LogP contribution >= 0.6 is 0 Å². The lowest BCUT2D eigenvalue weighted by Crippen LogP contribution is -2.14. The van der Waals surface area contributed by atoms with E-state index in [1.807, 2.05) is 170 Å². The molecule has 10 nitrogen and oxygen atoms in total. The van der Waals surface area contributed by atoms with Gasteiger partial charge in [-0.1, -0.05) is 206 Å². The summed E-state index contributed by atoms with van der Waals surface area (Å²) in [6, 6.07) is 106. The van der Waals surface area contributed by atoms with Gasteiger partial charge in [0.1, 0.15) is 69.0 Å². The zero-order valence-electron chi connectivity index (χ0n) is 57.2. The van der Waals surface area contributed by atoms with E-state index in [1.165, 1.54) is 32.7 Å². The number of rotatable bonds is 4. The molecule has 0 aromatic heterocycles. The maximum atomic E-state index is 10.6. The maximum absolute atomic E-state index is 10.6. The predicted octanol–water partition coefficient (Wildman–Crippen LogP) is 23.7. The van der Waals surface area contributed by atoms with E-state index in [-0.39, 0.29) is 52.3 Å². The van der Waals surface area contributed by atoms with E-state index < -0.39 is 0 Å². The summed E-state index contributed by atoms with van der Waals surface area (Å²) in [4.78, 5) is 0. The summed E-state index contributed by atoms with van der Waals surface area (Å²) in [6.45, 7) is 0. The van der Waals surface area contributed by atoms with Gasteiger partial charge in [0.05, 0.1) is 0 Å². The highest BCUT2D eigenvalue weighted by Crippen LogP contribution is 2.58. The zero-order chi connectivity index (χ0) is 71.8. The van der Waals surface area contributed by atoms with Crippen LogP contribution in [0.25, 0.3) is 97.3 Å². The molecule has 0 spiro atoms. The molecule has 0 aliphatic carbocycles. The van der Waals surface area contributed by atoms with E-state index in [2.05, 4.69) is 103 Å². The van der Waals surface area contributed by atoms with Gasteiger partial charge in [0.15, 0.2) is 0 Å². The molecule has 0 amide bonds. The van der Waals surface area contributed by atoms with Gasteiger partial charge >= 0.3 is 0 Å². The van der Waals surface area contributed by atoms with Crippen LogP contribution in [0.2, 0.25) is 0 Å². The molecule has 10 heteroatoms. The van der Waals surface area contributed by atoms with Gasteiger partial charge in [0.2, 0.25) is 0 Å². The van der Waals surface area contributed by atoms with Gasteiger partial charge in [-0.2, -0.15) is 0 Å². The molecule has 18 aromatic carbocycles. The van der Waals surface area contributed by atoms with E-state index in [9.17, 15) is 30.6 Å². The lowest BCUT2D eigenvalue weighted by molar-refractivity contribution is 0.399. The second kappa shape index (κ2) is 26.2. The predicted molar refractivity (Wildman–Crippen MR) is 425 cm³/mol. The van der Waals surface area contributed by atoms with Gasteiger partial charge in [-0.05, 0) is 229 Å². The third-order valence-corrected chi connectivity index (χ3v) is 21.0. The quantitative estimate of drug-likeness (QED) is 0.0842. The maximum Gasteiger partial charge on any atom is 0.132 e. The third-order valence-electron chi connectivity index (χ3n) is 21.0. The van der Waals surface area contributed by atoms with Gasteiger partial charge in [0.25, 0.3) is 0 Å². The highest BCUT2D eigenvalue weighted by Gasteiger charge is 2.37. The van der Waals surface area contributed by atoms with E-state index in [1.54, 1.807) is 48.5 Å². The second-order valence-corrected chi connectivity index (χ2v) is 27.0. The Morgan fingerprint density at radius 1 is 0.189 bits per heavy atom. The summed E-state index contributed by atoms with van der Waals surface area (Å²) in [7, 11) is 1.00. The normalized spacial score (nSPS) is 12.8. The number of hydrogen-bond acceptors (Lipinski definition) is 10. The molecule has 0 saturated carbocycles. The molecule has 0 bridgehead atoms. The van der Waals surface area contributed by atoms with Crippen LogP contribution in [-0.4, -0.2) is 42.9 Å². The van der Waals surface area contributed by atoms with Gasteiger partial charge in [-0.25, -0.2) is 0 Å². The molecular weight excluding hydrogens is 1310 g/mol. The number of ether oxygens (including phenoxy) is 3. The Kier molecular flexibility index (Phi) is 15.9. The summed E-state index contributed by atoms with van der Waals surface area (Å²) in [5, 5.41) is 86.0. The van der Waals surface area contributed by atoms with Crippen molar-refractivity contribution in [3.05, 3.63) is 372 Å². The fraction of sp³-hybridized carbons (Fsp3) is 0.0417. The number of benzene rings is 18. The highest BCUT2D eigenvalue weighted by molar-refractivity contribution is 6.07. The lowest BCUT2D eigenvalue weighted by Gasteiger charge is -2.32. The molecular formula is C96H66O10. The van der Waals surface area contributed by atoms with E-state index in [4.69, 9.17) is 19.3 Å². The van der Waals surface area contributed by atoms with Gasteiger partial charge in [-0.15, -0.1) is 0 Å². The third kappa shape index (κ3) is 11.1. The lowest BCUT2D eigenvalue weighted by atomic mass is 9.75. The molecule has 106 heavy (non-hydrogen) atoms. The van der Waals surface area contributed by atoms with Crippen molar-refractivity contribution < 1.29 is 50.0 Å². The number of hydrogen-bond donors (Lipinski definition) is 7. The number of phenols is 6. The topological polar surface area (TPSA) is 169 Å². The van der Waals surface area contributed by atoms with Crippen LogP contribution in [0.15, 0.2) is 322 Å². The van der Waals surface area contributed by atoms with Crippen LogP contribution in [0.5, 0.6) is 69.0 Å². The first kappa shape index (κ1) is 64.3. The van der Waals surface area contributed by atoms with Crippen LogP contribution in [0.4, 0.5) is 0 Å². The molecule has 0 atom stereocenters. The molecule has 3 aliphatic rings. The molecule has 0 unspecified atom stereocenters. The summed E-state index contributed by atoms with van der Waals surface area (Å²) in [5.74, 6) is 5.54. The summed E-state index contributed by atoms with van der Waals surface area (Å²) in [5.41, 5.74) is 11.9. The smallest absolute Gasteiger partial charge is 0.132 e. The molecule has 0 fully saturated rings. The highest BCUT2D eigenvalue weighted by atomic mass is 16.5. The second-order valence-electron chi connectivity index (χ2n) is 27.0. The van der Waals surface area contributed by atoms with Crippen molar-refractivity contribution in [2.24, 2.45) is 0 Å². The number of aromatic hydroxyl groups is 6. The number of aliphatic hydroxyl groups excluding tert-OH is 1. The number of fused-ring (bicyclic) bond motifs is 20. The molecule has 7 N–H and O–H groups in total. The fourth-order valence-electron chi connectivity index (χ4n) is 16.4. The Labute approximate surface area is 609 Å². The molecule has 0 saturated heterocycles. The first-order valence-corrected chi connectivity index (χ1v) is 35.1. The Hall–Kier alpha value is -13.8. The largest absolute Gasteiger partial charge is 0.508 e. The molecule has 3 heterocycles. The monoisotopic (exact) mass is 1380 g/mol. The van der Waals surface area contributed by atoms with Crippen LogP contribution in [0.1, 0.15) is 67.8 Å². The van der Waals surface area contributed by atoms with E-state index >= 15 is 0 Å². The zero-order valence-corrected chi connectivity index (χ0v) is 57.2. The Morgan fingerprint density at radius 2 is 0.434 bits per heavy atom. The van der Waals surface area contributed by atoms with Crippen LogP contribution in [0.3, 0.4) is 0 Å². The Morgan fingerprint density at radius 3 is 0.745 bits per heavy atom. The van der Waals surface area contributed by atoms with Crippen molar-refractivity contribution in [1.29, 1.82) is 0 Å². The van der Waals surface area contributed by atoms with E-state index in [0.717, 1.165) is 156 Å². The Bertz CT molecular complexity index is 6230. The standard InChI is InChI=1S/C35H22O3.C33H22O3.C27H18O3.CH4O/c36-24-13-9-20-11-15-30-33(28(20)18-24)35(34-29-19-25(37)14-10-21(29)12-16-31(34)38-30)32-26-7-3-1-5-22(26)17-23-6-2-4-8-27(23)32;34-25-14-10-22-12-16-29-32(27(22)18-25)31(24-8-6-21(7-9-24)20-4-2-1-3-5-20)33-28-19-26(35)15-11-23(28)13-17-30(33)36-29;28-19-10-6-16-8-12-23-26(21(16)14-19)25(18-4-2-1-3-5-18)27-22-15-20(29)11-7-17(22)9-13-24(27)30-23;1-2/h1-19,35-37H;1-19,31,34-35H;1-15,25,28-29H;2H,1H3.